The summed E-state index contributed by atoms with van der Waals surface area (Å²) in [5.74, 6) is -0.985. The lowest BCUT2D eigenvalue weighted by Gasteiger charge is -2.28. The van der Waals surface area contributed by atoms with Crippen molar-refractivity contribution < 1.29 is 32.5 Å². The molecular weight excluding hydrogens is 313 g/mol. The average molecular weight is 332 g/mol. The fourth-order valence-electron chi connectivity index (χ4n) is 2.98. The molecule has 1 N–H and O–H groups in total. The molecule has 0 atom stereocenters. The third kappa shape index (κ3) is 4.77. The summed E-state index contributed by atoms with van der Waals surface area (Å²) in [5, 5.41) is 9.03. The number of aliphatic carboxylic acids is 1. The van der Waals surface area contributed by atoms with E-state index in [2.05, 4.69) is 4.74 Å². The molecule has 0 unspecified atom stereocenters. The zero-order valence-electron chi connectivity index (χ0n) is 12.7. The second-order valence-corrected chi connectivity index (χ2v) is 5.57. The SMILES string of the molecule is CCOc1cc(OC(F)(F)F)ccc1C1CCC(C(=O)O)CC1. The van der Waals surface area contributed by atoms with Crippen LogP contribution in [-0.2, 0) is 4.79 Å². The van der Waals surface area contributed by atoms with Crippen molar-refractivity contribution in [1.29, 1.82) is 0 Å². The average Bonchev–Trinajstić information content (AvgIpc) is 2.46. The van der Waals surface area contributed by atoms with Gasteiger partial charge in [0.1, 0.15) is 11.5 Å². The Morgan fingerprint density at radius 3 is 2.43 bits per heavy atom. The Kier molecular flexibility index (Phi) is 5.38. The molecule has 128 valence electrons. The first-order valence-electron chi connectivity index (χ1n) is 7.55. The maximum Gasteiger partial charge on any atom is 0.573 e. The van der Waals surface area contributed by atoms with Gasteiger partial charge in [0, 0.05) is 6.07 Å². The van der Waals surface area contributed by atoms with Crippen molar-refractivity contribution >= 4 is 5.97 Å². The number of hydrogen-bond donors (Lipinski definition) is 1. The van der Waals surface area contributed by atoms with Gasteiger partial charge in [-0.1, -0.05) is 6.07 Å². The van der Waals surface area contributed by atoms with Crippen LogP contribution in [0.25, 0.3) is 0 Å². The quantitative estimate of drug-likeness (QED) is 0.871. The minimum atomic E-state index is -4.75. The molecule has 4 nitrogen and oxygen atoms in total. The van der Waals surface area contributed by atoms with Crippen molar-refractivity contribution in [3.8, 4) is 11.5 Å². The maximum atomic E-state index is 12.3. The first-order valence-corrected chi connectivity index (χ1v) is 7.55. The molecule has 0 bridgehead atoms. The molecule has 0 saturated heterocycles. The number of rotatable bonds is 5. The third-order valence-electron chi connectivity index (χ3n) is 4.03. The van der Waals surface area contributed by atoms with Crippen molar-refractivity contribution in [2.75, 3.05) is 6.61 Å². The molecule has 1 fully saturated rings. The van der Waals surface area contributed by atoms with Gasteiger partial charge in [-0.3, -0.25) is 4.79 Å². The second-order valence-electron chi connectivity index (χ2n) is 5.57. The van der Waals surface area contributed by atoms with Gasteiger partial charge in [0.05, 0.1) is 12.5 Å². The Morgan fingerprint density at radius 1 is 1.26 bits per heavy atom. The van der Waals surface area contributed by atoms with Crippen LogP contribution in [-0.4, -0.2) is 24.0 Å². The Hall–Kier alpha value is -1.92. The Bertz CT molecular complexity index is 549. The smallest absolute Gasteiger partial charge is 0.493 e. The first kappa shape index (κ1) is 17.4. The lowest BCUT2D eigenvalue weighted by molar-refractivity contribution is -0.274. The number of ether oxygens (including phenoxy) is 2. The number of carbonyl (C=O) groups is 1. The van der Waals surface area contributed by atoms with Gasteiger partial charge in [0.15, 0.2) is 0 Å². The third-order valence-corrected chi connectivity index (χ3v) is 4.03. The summed E-state index contributed by atoms with van der Waals surface area (Å²) >= 11 is 0. The molecule has 0 aliphatic heterocycles. The monoisotopic (exact) mass is 332 g/mol. The molecule has 1 aromatic rings. The van der Waals surface area contributed by atoms with Crippen LogP contribution >= 0.6 is 0 Å². The fraction of sp³-hybridized carbons (Fsp3) is 0.562. The highest BCUT2D eigenvalue weighted by Crippen LogP contribution is 2.41. The fourth-order valence-corrected chi connectivity index (χ4v) is 2.98. The van der Waals surface area contributed by atoms with E-state index >= 15 is 0 Å². The van der Waals surface area contributed by atoms with E-state index in [9.17, 15) is 18.0 Å². The number of hydrogen-bond acceptors (Lipinski definition) is 3. The predicted molar refractivity (Wildman–Crippen MR) is 76.6 cm³/mol. The zero-order chi connectivity index (χ0) is 17.0. The lowest BCUT2D eigenvalue weighted by Crippen LogP contribution is -2.21. The minimum Gasteiger partial charge on any atom is -0.493 e. The summed E-state index contributed by atoms with van der Waals surface area (Å²) in [6.45, 7) is 2.08. The largest absolute Gasteiger partial charge is 0.573 e. The number of alkyl halides is 3. The highest BCUT2D eigenvalue weighted by molar-refractivity contribution is 5.70. The molecule has 0 aromatic heterocycles. The summed E-state index contributed by atoms with van der Waals surface area (Å²) in [4.78, 5) is 11.0. The molecule has 1 saturated carbocycles. The Morgan fingerprint density at radius 2 is 1.91 bits per heavy atom. The lowest BCUT2D eigenvalue weighted by atomic mass is 9.78. The van der Waals surface area contributed by atoms with Crippen LogP contribution in [0.5, 0.6) is 11.5 Å². The zero-order valence-corrected chi connectivity index (χ0v) is 12.7. The molecule has 1 aliphatic rings. The second kappa shape index (κ2) is 7.10. The summed E-state index contributed by atoms with van der Waals surface area (Å²) in [6, 6.07) is 4.10. The molecule has 23 heavy (non-hydrogen) atoms. The predicted octanol–water partition coefficient (Wildman–Crippen LogP) is 4.34. The normalized spacial score (nSPS) is 21.7. The highest BCUT2D eigenvalue weighted by Gasteiger charge is 2.32. The molecule has 7 heteroatoms. The standard InChI is InChI=1S/C16H19F3O4/c1-2-22-14-9-12(23-16(17,18)19)7-8-13(14)10-3-5-11(6-4-10)15(20)21/h7-11H,2-6H2,1H3,(H,20,21). The number of carboxylic acid groups (broad SMARTS) is 1. The number of halogens is 3. The van der Waals surface area contributed by atoms with Gasteiger partial charge in [0.25, 0.3) is 0 Å². The van der Waals surface area contributed by atoms with E-state index in [0.717, 1.165) is 5.56 Å². The molecule has 0 spiro atoms. The summed E-state index contributed by atoms with van der Waals surface area (Å²) in [5.41, 5.74) is 0.810. The van der Waals surface area contributed by atoms with E-state index in [4.69, 9.17) is 9.84 Å². The van der Waals surface area contributed by atoms with E-state index < -0.39 is 12.3 Å². The van der Waals surface area contributed by atoms with E-state index in [1.165, 1.54) is 12.1 Å². The van der Waals surface area contributed by atoms with Crippen LogP contribution < -0.4 is 9.47 Å². The molecular formula is C16H19F3O4. The van der Waals surface area contributed by atoms with E-state index in [0.29, 0.717) is 38.0 Å². The topological polar surface area (TPSA) is 55.8 Å². The molecule has 2 rings (SSSR count). The van der Waals surface area contributed by atoms with E-state index in [1.807, 2.05) is 0 Å². The van der Waals surface area contributed by atoms with Crippen LogP contribution in [0.15, 0.2) is 18.2 Å². The molecule has 0 heterocycles. The molecule has 1 aromatic carbocycles. The van der Waals surface area contributed by atoms with Gasteiger partial charge >= 0.3 is 12.3 Å². The minimum absolute atomic E-state index is 0.0899. The van der Waals surface area contributed by atoms with E-state index in [-0.39, 0.29) is 17.6 Å². The maximum absolute atomic E-state index is 12.3. The molecule has 0 radical (unpaired) electrons. The summed E-state index contributed by atoms with van der Waals surface area (Å²) in [7, 11) is 0. The van der Waals surface area contributed by atoms with Crippen LogP contribution in [0.3, 0.4) is 0 Å². The Balaban J connectivity index is 2.16. The summed E-state index contributed by atoms with van der Waals surface area (Å²) in [6.07, 6.45) is -2.27. The van der Waals surface area contributed by atoms with Crippen molar-refractivity contribution in [2.45, 2.75) is 44.9 Å². The van der Waals surface area contributed by atoms with Gasteiger partial charge < -0.3 is 14.6 Å². The van der Waals surface area contributed by atoms with Gasteiger partial charge in [-0.25, -0.2) is 0 Å². The van der Waals surface area contributed by atoms with Crippen LogP contribution in [0.1, 0.15) is 44.1 Å². The number of carboxylic acids is 1. The molecule has 1 aliphatic carbocycles. The van der Waals surface area contributed by atoms with Gasteiger partial charge in [-0.05, 0) is 50.2 Å². The van der Waals surface area contributed by atoms with Crippen molar-refractivity contribution in [3.05, 3.63) is 23.8 Å². The van der Waals surface area contributed by atoms with Crippen molar-refractivity contribution in [3.63, 3.8) is 0 Å². The van der Waals surface area contributed by atoms with Crippen molar-refractivity contribution in [1.82, 2.24) is 0 Å². The molecule has 0 amide bonds. The first-order chi connectivity index (χ1) is 10.8. The van der Waals surface area contributed by atoms with Crippen LogP contribution in [0, 0.1) is 5.92 Å². The van der Waals surface area contributed by atoms with Crippen LogP contribution in [0.2, 0.25) is 0 Å². The van der Waals surface area contributed by atoms with Gasteiger partial charge in [-0.2, -0.15) is 0 Å². The number of benzene rings is 1. The van der Waals surface area contributed by atoms with Crippen LogP contribution in [0.4, 0.5) is 13.2 Å². The van der Waals surface area contributed by atoms with Crippen molar-refractivity contribution in [2.24, 2.45) is 5.92 Å². The highest BCUT2D eigenvalue weighted by atomic mass is 19.4. The Labute approximate surface area is 132 Å². The van der Waals surface area contributed by atoms with Gasteiger partial charge in [0.2, 0.25) is 0 Å². The summed E-state index contributed by atoms with van der Waals surface area (Å²) < 4.78 is 46.3. The van der Waals surface area contributed by atoms with Gasteiger partial charge in [-0.15, -0.1) is 13.2 Å². The van der Waals surface area contributed by atoms with E-state index in [1.54, 1.807) is 13.0 Å².